The van der Waals surface area contributed by atoms with Crippen molar-refractivity contribution in [3.63, 3.8) is 0 Å². The van der Waals surface area contributed by atoms with Crippen molar-refractivity contribution in [2.45, 2.75) is 6.54 Å². The van der Waals surface area contributed by atoms with Crippen LogP contribution in [0.25, 0.3) is 6.08 Å². The lowest BCUT2D eigenvalue weighted by molar-refractivity contribution is -0.384. The van der Waals surface area contributed by atoms with Gasteiger partial charge in [-0.15, -0.1) is 0 Å². The van der Waals surface area contributed by atoms with Gasteiger partial charge >= 0.3 is 0 Å². The van der Waals surface area contributed by atoms with E-state index in [1.165, 1.54) is 24.3 Å². The maximum absolute atomic E-state index is 12.8. The Morgan fingerprint density at radius 2 is 1.81 bits per heavy atom. The molecule has 9 nitrogen and oxygen atoms in total. The first-order chi connectivity index (χ1) is 17.7. The van der Waals surface area contributed by atoms with E-state index in [0.29, 0.717) is 32.1 Å². The second-order valence-electron chi connectivity index (χ2n) is 7.73. The lowest BCUT2D eigenvalue weighted by Crippen LogP contribution is -2.27. The molecule has 1 heterocycles. The van der Waals surface area contributed by atoms with E-state index < -0.39 is 16.1 Å². The van der Waals surface area contributed by atoms with Crippen LogP contribution in [0.1, 0.15) is 11.1 Å². The molecular weight excluding hydrogens is 586 g/mol. The normalized spacial score (nSPS) is 14.2. The maximum atomic E-state index is 12.8. The minimum atomic E-state index is -0.517. The molecule has 188 valence electrons. The number of benzene rings is 3. The molecule has 1 fully saturated rings. The van der Waals surface area contributed by atoms with Gasteiger partial charge in [0.2, 0.25) is 0 Å². The smallest absolute Gasteiger partial charge is 0.293 e. The summed E-state index contributed by atoms with van der Waals surface area (Å²) in [5, 5.41) is 13.6. The number of amides is 3. The highest BCUT2D eigenvalue weighted by molar-refractivity contribution is 9.10. The molecule has 12 heteroatoms. The van der Waals surface area contributed by atoms with Crippen LogP contribution in [0.4, 0.5) is 16.2 Å². The highest BCUT2D eigenvalue weighted by atomic mass is 79.9. The third-order valence-corrected chi connectivity index (χ3v) is 6.88. The van der Waals surface area contributed by atoms with Crippen LogP contribution in [0.15, 0.2) is 76.1 Å². The number of nitro benzene ring substituents is 1. The molecule has 0 saturated carbocycles. The number of carbonyl (C=O) groups excluding carboxylic acids is 3. The van der Waals surface area contributed by atoms with E-state index >= 15 is 0 Å². The number of carbonyl (C=O) groups is 3. The summed E-state index contributed by atoms with van der Waals surface area (Å²) in [5.74, 6) is -0.377. The minimum absolute atomic E-state index is 0.00849. The van der Waals surface area contributed by atoms with Crippen molar-refractivity contribution in [3.8, 4) is 5.75 Å². The second kappa shape index (κ2) is 11.6. The minimum Gasteiger partial charge on any atom is -0.483 e. The van der Waals surface area contributed by atoms with Crippen LogP contribution in [0.5, 0.6) is 5.75 Å². The molecule has 1 aliphatic rings. The predicted molar refractivity (Wildman–Crippen MR) is 144 cm³/mol. The molecule has 0 radical (unpaired) electrons. The molecule has 0 spiro atoms. The lowest BCUT2D eigenvalue weighted by Gasteiger charge is -2.12. The van der Waals surface area contributed by atoms with Gasteiger partial charge < -0.3 is 10.1 Å². The molecule has 37 heavy (non-hydrogen) atoms. The summed E-state index contributed by atoms with van der Waals surface area (Å²) in [6, 6.07) is 17.4. The number of hydrogen-bond donors (Lipinski definition) is 1. The molecule has 0 unspecified atom stereocenters. The lowest BCUT2D eigenvalue weighted by atomic mass is 10.2. The van der Waals surface area contributed by atoms with Crippen LogP contribution >= 0.6 is 39.3 Å². The number of hydrogen-bond acceptors (Lipinski definition) is 7. The van der Waals surface area contributed by atoms with E-state index in [-0.39, 0.29) is 29.7 Å². The van der Waals surface area contributed by atoms with Gasteiger partial charge in [0.15, 0.2) is 6.61 Å². The molecule has 4 rings (SSSR count). The van der Waals surface area contributed by atoms with Crippen LogP contribution in [0.3, 0.4) is 0 Å². The number of ether oxygens (including phenoxy) is 1. The Morgan fingerprint density at radius 3 is 2.46 bits per heavy atom. The molecule has 3 aromatic carbocycles. The van der Waals surface area contributed by atoms with Gasteiger partial charge in [-0.2, -0.15) is 0 Å². The summed E-state index contributed by atoms with van der Waals surface area (Å²) in [4.78, 5) is 49.0. The summed E-state index contributed by atoms with van der Waals surface area (Å²) in [7, 11) is 0. The number of nitrogens with one attached hydrogen (secondary N) is 1. The van der Waals surface area contributed by atoms with Crippen molar-refractivity contribution >= 4 is 73.8 Å². The zero-order chi connectivity index (χ0) is 26.5. The monoisotopic (exact) mass is 601 g/mol. The summed E-state index contributed by atoms with van der Waals surface area (Å²) in [6.07, 6.45) is 1.59. The fourth-order valence-electron chi connectivity index (χ4n) is 3.29. The Balaban J connectivity index is 1.37. The van der Waals surface area contributed by atoms with Gasteiger partial charge in [0.1, 0.15) is 5.75 Å². The first kappa shape index (κ1) is 26.4. The number of nitro groups is 1. The molecule has 0 atom stereocenters. The van der Waals surface area contributed by atoms with Crippen LogP contribution < -0.4 is 10.1 Å². The van der Waals surface area contributed by atoms with Crippen LogP contribution in [-0.2, 0) is 16.1 Å². The van der Waals surface area contributed by atoms with Crippen LogP contribution in [-0.4, -0.2) is 33.5 Å². The SMILES string of the molecule is O=C(COc1ccc(/C=C2\SC(=O)N(Cc3ccc([N+](=O)[O-])cc3)C2=O)cc1Br)Nc1ccc(Cl)cc1. The van der Waals surface area contributed by atoms with Crippen molar-refractivity contribution in [2.24, 2.45) is 0 Å². The number of rotatable bonds is 8. The quantitative estimate of drug-likeness (QED) is 0.183. The van der Waals surface area contributed by atoms with Crippen molar-refractivity contribution in [1.29, 1.82) is 0 Å². The van der Waals surface area contributed by atoms with Crippen molar-refractivity contribution in [3.05, 3.63) is 102 Å². The molecule has 3 aromatic rings. The Kier molecular flexibility index (Phi) is 8.27. The molecule has 1 aliphatic heterocycles. The predicted octanol–water partition coefficient (Wildman–Crippen LogP) is 6.26. The van der Waals surface area contributed by atoms with Gasteiger partial charge in [0.05, 0.1) is 20.8 Å². The number of nitrogens with zero attached hydrogens (tertiary/aromatic N) is 2. The van der Waals surface area contributed by atoms with E-state index in [0.717, 1.165) is 16.7 Å². The summed E-state index contributed by atoms with van der Waals surface area (Å²) in [5.41, 5.74) is 1.76. The third-order valence-electron chi connectivity index (χ3n) is 5.10. The topological polar surface area (TPSA) is 119 Å². The van der Waals surface area contributed by atoms with Crippen molar-refractivity contribution < 1.29 is 24.0 Å². The van der Waals surface area contributed by atoms with Crippen molar-refractivity contribution in [2.75, 3.05) is 11.9 Å². The summed E-state index contributed by atoms with van der Waals surface area (Å²) < 4.78 is 6.14. The van der Waals surface area contributed by atoms with Gasteiger partial charge in [-0.25, -0.2) is 0 Å². The molecular formula is C25H17BrClN3O6S. The number of anilines is 1. The average molecular weight is 603 g/mol. The second-order valence-corrected chi connectivity index (χ2v) is 10.0. The van der Waals surface area contributed by atoms with Crippen LogP contribution in [0, 0.1) is 10.1 Å². The van der Waals surface area contributed by atoms with E-state index in [1.807, 2.05) is 0 Å². The fourth-order valence-corrected chi connectivity index (χ4v) is 4.77. The van der Waals surface area contributed by atoms with E-state index in [1.54, 1.807) is 48.5 Å². The highest BCUT2D eigenvalue weighted by Crippen LogP contribution is 2.35. The summed E-state index contributed by atoms with van der Waals surface area (Å²) in [6.45, 7) is -0.212. The first-order valence-electron chi connectivity index (χ1n) is 10.7. The van der Waals surface area contributed by atoms with Gasteiger partial charge in [-0.3, -0.25) is 29.4 Å². The molecule has 1 saturated heterocycles. The van der Waals surface area contributed by atoms with Gasteiger partial charge in [-0.1, -0.05) is 29.8 Å². The number of thioether (sulfide) groups is 1. The third kappa shape index (κ3) is 6.76. The van der Waals surface area contributed by atoms with Gasteiger partial charge in [0, 0.05) is 22.8 Å². The molecule has 0 bridgehead atoms. The maximum Gasteiger partial charge on any atom is 0.293 e. The molecule has 0 aromatic heterocycles. The fraction of sp³-hybridized carbons (Fsp3) is 0.0800. The number of non-ortho nitro benzene ring substituents is 1. The van der Waals surface area contributed by atoms with Gasteiger partial charge in [-0.05, 0) is 81.3 Å². The molecule has 1 N–H and O–H groups in total. The first-order valence-corrected chi connectivity index (χ1v) is 12.6. The Hall–Kier alpha value is -3.67. The average Bonchev–Trinajstić information content (AvgIpc) is 3.12. The zero-order valence-electron chi connectivity index (χ0n) is 18.9. The molecule has 0 aliphatic carbocycles. The van der Waals surface area contributed by atoms with Crippen molar-refractivity contribution in [1.82, 2.24) is 4.90 Å². The van der Waals surface area contributed by atoms with E-state index in [9.17, 15) is 24.5 Å². The summed E-state index contributed by atoms with van der Waals surface area (Å²) >= 11 is 10.1. The zero-order valence-corrected chi connectivity index (χ0v) is 22.0. The number of halogens is 2. The van der Waals surface area contributed by atoms with Gasteiger partial charge in [0.25, 0.3) is 22.7 Å². The van der Waals surface area contributed by atoms with E-state index in [4.69, 9.17) is 16.3 Å². The highest BCUT2D eigenvalue weighted by Gasteiger charge is 2.35. The Morgan fingerprint density at radius 1 is 1.11 bits per heavy atom. The number of imide groups is 1. The van der Waals surface area contributed by atoms with E-state index in [2.05, 4.69) is 21.2 Å². The Bertz CT molecular complexity index is 1410. The largest absolute Gasteiger partial charge is 0.483 e. The molecule has 3 amide bonds. The van der Waals surface area contributed by atoms with Crippen LogP contribution in [0.2, 0.25) is 5.02 Å². The Labute approximate surface area is 228 Å². The standard InChI is InChI=1S/C25H17BrClN3O6S/c26-20-11-16(3-10-21(20)36-14-23(31)28-18-6-4-17(27)5-7-18)12-22-24(32)29(25(33)37-22)13-15-1-8-19(9-2-15)30(34)35/h1-12H,13-14H2,(H,28,31)/b22-12-.